The summed E-state index contributed by atoms with van der Waals surface area (Å²) in [6, 6.07) is 7.11. The second-order valence-corrected chi connectivity index (χ2v) is 7.28. The van der Waals surface area contributed by atoms with Gasteiger partial charge in [0.05, 0.1) is 12.1 Å². The maximum absolute atomic E-state index is 12.2. The summed E-state index contributed by atoms with van der Waals surface area (Å²) in [6.07, 6.45) is 1.90. The summed E-state index contributed by atoms with van der Waals surface area (Å²) >= 11 is 5.95. The number of aliphatic hydroxyl groups is 1. The zero-order chi connectivity index (χ0) is 19.3. The molecule has 1 aromatic heterocycles. The topological polar surface area (TPSA) is 101 Å². The Bertz CT molecular complexity index is 784. The van der Waals surface area contributed by atoms with Gasteiger partial charge in [-0.05, 0) is 56.1 Å². The molecular formula is C18H23ClN4O4. The molecule has 0 spiro atoms. The van der Waals surface area contributed by atoms with E-state index in [1.807, 2.05) is 11.0 Å². The molecule has 1 fully saturated rings. The van der Waals surface area contributed by atoms with Gasteiger partial charge in [0.25, 0.3) is 0 Å². The Hall–Kier alpha value is -2.16. The average molecular weight is 395 g/mol. The zero-order valence-corrected chi connectivity index (χ0v) is 15.9. The van der Waals surface area contributed by atoms with E-state index in [4.69, 9.17) is 16.3 Å². The zero-order valence-electron chi connectivity index (χ0n) is 15.2. The summed E-state index contributed by atoms with van der Waals surface area (Å²) in [4.78, 5) is 14.2. The molecule has 27 heavy (non-hydrogen) atoms. The van der Waals surface area contributed by atoms with Crippen LogP contribution in [0.2, 0.25) is 5.02 Å². The first-order valence-corrected chi connectivity index (χ1v) is 9.23. The molecule has 9 heteroatoms. The van der Waals surface area contributed by atoms with Gasteiger partial charge >= 0.3 is 0 Å². The number of nitrogens with one attached hydrogen (secondary N) is 1. The molecule has 1 aliphatic rings. The van der Waals surface area contributed by atoms with Gasteiger partial charge in [0.15, 0.2) is 5.82 Å². The number of benzene rings is 1. The summed E-state index contributed by atoms with van der Waals surface area (Å²) < 4.78 is 10.3. The molecular weight excluding hydrogens is 372 g/mol. The van der Waals surface area contributed by atoms with Gasteiger partial charge in [-0.25, -0.2) is 4.63 Å². The molecule has 0 aliphatic carbocycles. The lowest BCUT2D eigenvalue weighted by Crippen LogP contribution is -2.38. The summed E-state index contributed by atoms with van der Waals surface area (Å²) in [5.41, 5.74) is -0.396. The SMILES string of the molecule is Cc1nonc1NC(=O)CN1CCCC(O)(COc2cccc(Cl)c2)CC1. The standard InChI is InChI=1S/C18H23ClN4O4/c1-13-17(22-27-21-13)20-16(24)11-23-8-3-6-18(25,7-9-23)12-26-15-5-2-4-14(19)10-15/h2,4-5,10,25H,3,6-9,11-12H2,1H3,(H,20,22,24). The van der Waals surface area contributed by atoms with Crippen molar-refractivity contribution in [3.8, 4) is 5.75 Å². The van der Waals surface area contributed by atoms with Crippen LogP contribution in [0, 0.1) is 6.92 Å². The van der Waals surface area contributed by atoms with Crippen molar-refractivity contribution in [1.82, 2.24) is 15.2 Å². The van der Waals surface area contributed by atoms with Gasteiger partial charge in [-0.15, -0.1) is 0 Å². The lowest BCUT2D eigenvalue weighted by molar-refractivity contribution is -0.117. The number of rotatable bonds is 6. The van der Waals surface area contributed by atoms with Crippen molar-refractivity contribution >= 4 is 23.3 Å². The largest absolute Gasteiger partial charge is 0.491 e. The van der Waals surface area contributed by atoms with Crippen LogP contribution >= 0.6 is 11.6 Å². The molecule has 8 nitrogen and oxygen atoms in total. The van der Waals surface area contributed by atoms with E-state index in [-0.39, 0.29) is 19.1 Å². The third-order valence-electron chi connectivity index (χ3n) is 4.59. The smallest absolute Gasteiger partial charge is 0.239 e. The van der Waals surface area contributed by atoms with E-state index in [2.05, 4.69) is 20.3 Å². The highest BCUT2D eigenvalue weighted by molar-refractivity contribution is 6.30. The fourth-order valence-corrected chi connectivity index (χ4v) is 3.21. The van der Waals surface area contributed by atoms with E-state index < -0.39 is 5.60 Å². The van der Waals surface area contributed by atoms with Gasteiger partial charge in [-0.3, -0.25) is 9.69 Å². The quantitative estimate of drug-likeness (QED) is 0.774. The Labute approximate surface area is 162 Å². The first kappa shape index (κ1) is 19.6. The Morgan fingerprint density at radius 3 is 3.00 bits per heavy atom. The molecule has 1 unspecified atom stereocenters. The average Bonchev–Trinajstić information content (AvgIpc) is 2.93. The van der Waals surface area contributed by atoms with Gasteiger partial charge in [0.1, 0.15) is 18.1 Å². The maximum Gasteiger partial charge on any atom is 0.239 e. The molecule has 2 N–H and O–H groups in total. The lowest BCUT2D eigenvalue weighted by Gasteiger charge is -2.27. The van der Waals surface area contributed by atoms with Gasteiger partial charge in [-0.2, -0.15) is 0 Å². The number of aromatic nitrogens is 2. The Kier molecular flexibility index (Phi) is 6.30. The molecule has 0 bridgehead atoms. The fourth-order valence-electron chi connectivity index (χ4n) is 3.03. The number of likely N-dealkylation sites (tertiary alicyclic amines) is 1. The molecule has 1 atom stereocenters. The molecule has 1 saturated heterocycles. The highest BCUT2D eigenvalue weighted by Gasteiger charge is 2.31. The first-order chi connectivity index (χ1) is 12.9. The van der Waals surface area contributed by atoms with Crippen LogP contribution in [0.4, 0.5) is 5.82 Å². The minimum atomic E-state index is -0.930. The third kappa shape index (κ3) is 5.66. The number of carbonyl (C=O) groups excluding carboxylic acids is 1. The van der Waals surface area contributed by atoms with Crippen LogP contribution in [0.25, 0.3) is 0 Å². The predicted molar refractivity (Wildman–Crippen MR) is 99.9 cm³/mol. The van der Waals surface area contributed by atoms with Gasteiger partial charge in [0.2, 0.25) is 5.91 Å². The molecule has 1 aliphatic heterocycles. The molecule has 3 rings (SSSR count). The summed E-state index contributed by atoms with van der Waals surface area (Å²) in [5, 5.41) is 21.4. The number of halogens is 1. The van der Waals surface area contributed by atoms with Crippen LogP contribution < -0.4 is 10.1 Å². The Balaban J connectivity index is 1.49. The van der Waals surface area contributed by atoms with E-state index in [1.54, 1.807) is 25.1 Å². The number of carbonyl (C=O) groups is 1. The highest BCUT2D eigenvalue weighted by Crippen LogP contribution is 2.25. The van der Waals surface area contributed by atoms with Gasteiger partial charge < -0.3 is 15.2 Å². The Morgan fingerprint density at radius 1 is 1.41 bits per heavy atom. The summed E-state index contributed by atoms with van der Waals surface area (Å²) in [7, 11) is 0. The van der Waals surface area contributed by atoms with Crippen LogP contribution in [-0.2, 0) is 4.79 Å². The minimum Gasteiger partial charge on any atom is -0.491 e. The minimum absolute atomic E-state index is 0.186. The van der Waals surface area contributed by atoms with E-state index in [1.165, 1.54) is 0 Å². The van der Waals surface area contributed by atoms with Crippen molar-refractivity contribution in [2.45, 2.75) is 31.8 Å². The van der Waals surface area contributed by atoms with E-state index >= 15 is 0 Å². The van der Waals surface area contributed by atoms with Crippen LogP contribution in [0.5, 0.6) is 5.75 Å². The maximum atomic E-state index is 12.2. The fraction of sp³-hybridized carbons (Fsp3) is 0.500. The highest BCUT2D eigenvalue weighted by atomic mass is 35.5. The van der Waals surface area contributed by atoms with Crippen molar-refractivity contribution in [3.05, 3.63) is 35.0 Å². The van der Waals surface area contributed by atoms with Gasteiger partial charge in [-0.1, -0.05) is 22.8 Å². The molecule has 0 saturated carbocycles. The molecule has 1 amide bonds. The van der Waals surface area contributed by atoms with Crippen molar-refractivity contribution in [2.75, 3.05) is 31.6 Å². The number of hydrogen-bond donors (Lipinski definition) is 2. The van der Waals surface area contributed by atoms with Gasteiger partial charge in [0, 0.05) is 11.6 Å². The number of anilines is 1. The van der Waals surface area contributed by atoms with E-state index in [0.717, 1.165) is 13.0 Å². The summed E-state index contributed by atoms with van der Waals surface area (Å²) in [5.74, 6) is 0.781. The van der Waals surface area contributed by atoms with Crippen LogP contribution in [0.3, 0.4) is 0 Å². The normalized spacial score (nSPS) is 20.9. The predicted octanol–water partition coefficient (Wildman–Crippen LogP) is 2.27. The van der Waals surface area contributed by atoms with Crippen molar-refractivity contribution < 1.29 is 19.3 Å². The number of ether oxygens (including phenoxy) is 1. The number of nitrogens with zero attached hydrogens (tertiary/aromatic N) is 3. The third-order valence-corrected chi connectivity index (χ3v) is 4.83. The molecule has 2 heterocycles. The number of hydrogen-bond acceptors (Lipinski definition) is 7. The monoisotopic (exact) mass is 394 g/mol. The van der Waals surface area contributed by atoms with E-state index in [0.29, 0.717) is 41.7 Å². The van der Waals surface area contributed by atoms with Crippen LogP contribution in [-0.4, -0.2) is 58.1 Å². The number of amides is 1. The van der Waals surface area contributed by atoms with E-state index in [9.17, 15) is 9.90 Å². The Morgan fingerprint density at radius 2 is 2.26 bits per heavy atom. The first-order valence-electron chi connectivity index (χ1n) is 8.86. The second kappa shape index (κ2) is 8.69. The molecule has 2 aromatic rings. The molecule has 146 valence electrons. The second-order valence-electron chi connectivity index (χ2n) is 6.85. The van der Waals surface area contributed by atoms with Crippen molar-refractivity contribution in [2.24, 2.45) is 0 Å². The lowest BCUT2D eigenvalue weighted by atomic mass is 9.96. The molecule has 1 aromatic carbocycles. The van der Waals surface area contributed by atoms with Crippen molar-refractivity contribution in [1.29, 1.82) is 0 Å². The number of aryl methyl sites for hydroxylation is 1. The van der Waals surface area contributed by atoms with Crippen LogP contribution in [0.1, 0.15) is 25.0 Å². The van der Waals surface area contributed by atoms with Crippen LogP contribution in [0.15, 0.2) is 28.9 Å². The summed E-state index contributed by atoms with van der Waals surface area (Å²) in [6.45, 7) is 3.44. The molecule has 0 radical (unpaired) electrons. The van der Waals surface area contributed by atoms with Crippen molar-refractivity contribution in [3.63, 3.8) is 0 Å².